The Morgan fingerprint density at radius 3 is 2.64 bits per heavy atom. The van der Waals surface area contributed by atoms with E-state index in [1.54, 1.807) is 31.2 Å². The molecule has 1 aromatic heterocycles. The third kappa shape index (κ3) is 5.72. The first-order valence-corrected chi connectivity index (χ1v) is 13.2. The summed E-state index contributed by atoms with van der Waals surface area (Å²) < 4.78 is 0. The Morgan fingerprint density at radius 2 is 1.97 bits per heavy atom. The average Bonchev–Trinajstić information content (AvgIpc) is 3.37. The number of carbonyl (C=O) groups excluding carboxylic acids is 3. The van der Waals surface area contributed by atoms with E-state index in [0.29, 0.717) is 19.5 Å². The van der Waals surface area contributed by atoms with Gasteiger partial charge in [-0.1, -0.05) is 56.2 Å². The molecule has 2 atom stereocenters. The summed E-state index contributed by atoms with van der Waals surface area (Å²) in [5, 5.41) is 8.17. The first-order valence-electron chi connectivity index (χ1n) is 12.3. The van der Waals surface area contributed by atoms with Crippen LogP contribution in [0.2, 0.25) is 0 Å². The molecular weight excluding hydrogens is 474 g/mol. The monoisotopic (exact) mass is 507 g/mol. The number of urea groups is 1. The van der Waals surface area contributed by atoms with E-state index in [-0.39, 0.29) is 43.4 Å². The number of nitrogens with one attached hydrogen (secondary N) is 1. The maximum Gasteiger partial charge on any atom is 0.334 e. The number of thiophene rings is 1. The van der Waals surface area contributed by atoms with Crippen LogP contribution in [0.25, 0.3) is 0 Å². The molecule has 0 aliphatic carbocycles. The molecule has 1 N–H and O–H groups in total. The second-order valence-electron chi connectivity index (χ2n) is 9.56. The lowest BCUT2D eigenvalue weighted by molar-refractivity contribution is -0.189. The van der Waals surface area contributed by atoms with Crippen molar-refractivity contribution in [3.05, 3.63) is 58.3 Å². The van der Waals surface area contributed by atoms with Crippen LogP contribution in [0.3, 0.4) is 0 Å². The second kappa shape index (κ2) is 11.6. The van der Waals surface area contributed by atoms with Crippen molar-refractivity contribution >= 4 is 29.2 Å². The minimum atomic E-state index is -0.625. The Labute approximate surface area is 216 Å². The van der Waals surface area contributed by atoms with Gasteiger partial charge in [0.1, 0.15) is 12.2 Å². The SMILES string of the molecule is C#CCN1CC(=O)N2[C@@H](CC(C)C)C(=O)N(CCc3cccs3)C[C@@H]2N1C(=O)NCc1ccccc1. The van der Waals surface area contributed by atoms with E-state index in [1.807, 2.05) is 55.6 Å². The maximum atomic E-state index is 13.6. The van der Waals surface area contributed by atoms with E-state index in [9.17, 15) is 14.4 Å². The second-order valence-corrected chi connectivity index (χ2v) is 10.6. The van der Waals surface area contributed by atoms with Crippen molar-refractivity contribution in [2.75, 3.05) is 26.2 Å². The molecule has 0 saturated carbocycles. The van der Waals surface area contributed by atoms with Crippen molar-refractivity contribution in [2.45, 2.75) is 45.4 Å². The number of benzene rings is 1. The summed E-state index contributed by atoms with van der Waals surface area (Å²) in [5.74, 6) is 2.54. The molecule has 2 fully saturated rings. The van der Waals surface area contributed by atoms with Crippen LogP contribution in [0.15, 0.2) is 47.8 Å². The van der Waals surface area contributed by atoms with Crippen LogP contribution in [0.1, 0.15) is 30.7 Å². The number of terminal acetylenes is 1. The van der Waals surface area contributed by atoms with Crippen LogP contribution in [0, 0.1) is 18.3 Å². The lowest BCUT2D eigenvalue weighted by Gasteiger charge is -2.55. The van der Waals surface area contributed by atoms with Crippen molar-refractivity contribution in [1.82, 2.24) is 25.1 Å². The molecule has 4 rings (SSSR count). The van der Waals surface area contributed by atoms with E-state index >= 15 is 0 Å². The van der Waals surface area contributed by atoms with E-state index in [0.717, 1.165) is 12.0 Å². The predicted octanol–water partition coefficient (Wildman–Crippen LogP) is 2.78. The first-order chi connectivity index (χ1) is 17.4. The summed E-state index contributed by atoms with van der Waals surface area (Å²) in [5.41, 5.74) is 0.966. The van der Waals surface area contributed by atoms with Gasteiger partial charge in [-0.3, -0.25) is 9.59 Å². The molecule has 8 nitrogen and oxygen atoms in total. The van der Waals surface area contributed by atoms with E-state index < -0.39 is 12.2 Å². The number of nitrogens with zero attached hydrogens (tertiary/aromatic N) is 4. The van der Waals surface area contributed by atoms with Crippen LogP contribution >= 0.6 is 11.3 Å². The molecule has 2 saturated heterocycles. The lowest BCUT2D eigenvalue weighted by Crippen LogP contribution is -2.76. The van der Waals surface area contributed by atoms with E-state index in [1.165, 1.54) is 4.88 Å². The van der Waals surface area contributed by atoms with Gasteiger partial charge < -0.3 is 15.1 Å². The number of hydrazine groups is 1. The Hall–Kier alpha value is -3.35. The molecule has 2 aliphatic heterocycles. The van der Waals surface area contributed by atoms with E-state index in [2.05, 4.69) is 17.3 Å². The molecular formula is C27H33N5O3S. The lowest BCUT2D eigenvalue weighted by atomic mass is 9.97. The van der Waals surface area contributed by atoms with Gasteiger partial charge in [0, 0.05) is 18.0 Å². The predicted molar refractivity (Wildman–Crippen MR) is 139 cm³/mol. The van der Waals surface area contributed by atoms with Gasteiger partial charge in [0.2, 0.25) is 11.8 Å². The third-order valence-electron chi connectivity index (χ3n) is 6.50. The Kier molecular flexibility index (Phi) is 8.28. The minimum absolute atomic E-state index is 0.0451. The van der Waals surface area contributed by atoms with Crippen molar-refractivity contribution < 1.29 is 14.4 Å². The Morgan fingerprint density at radius 1 is 1.19 bits per heavy atom. The van der Waals surface area contributed by atoms with Crippen LogP contribution in [0.4, 0.5) is 4.79 Å². The van der Waals surface area contributed by atoms with Crippen LogP contribution in [0.5, 0.6) is 0 Å². The number of fused-ring (bicyclic) bond motifs is 1. The van der Waals surface area contributed by atoms with Gasteiger partial charge in [0.15, 0.2) is 0 Å². The fraction of sp³-hybridized carbons (Fsp3) is 0.444. The highest BCUT2D eigenvalue weighted by Gasteiger charge is 2.51. The molecule has 1 aromatic carbocycles. The third-order valence-corrected chi connectivity index (χ3v) is 7.44. The molecule has 0 spiro atoms. The highest BCUT2D eigenvalue weighted by atomic mass is 32.1. The van der Waals surface area contributed by atoms with Gasteiger partial charge in [-0.05, 0) is 35.8 Å². The zero-order valence-electron chi connectivity index (χ0n) is 20.8. The molecule has 9 heteroatoms. The van der Waals surface area contributed by atoms with Crippen molar-refractivity contribution in [2.24, 2.45) is 5.92 Å². The number of piperazine rings is 1. The standard InChI is InChI=1S/C27H33N5O3S/c1-4-13-30-19-25(33)31-23(16-20(2)3)26(34)29(14-12-22-11-8-15-36-22)18-24(31)32(30)27(35)28-17-21-9-6-5-7-10-21/h1,5-11,15,20,23-24H,12-14,16-19H2,2-3H3,(H,28,35)/t23-,24-/m0/s1. The molecule has 4 amide bonds. The summed E-state index contributed by atoms with van der Waals surface area (Å²) in [6, 6.07) is 12.7. The van der Waals surface area contributed by atoms with Gasteiger partial charge in [-0.15, -0.1) is 17.8 Å². The van der Waals surface area contributed by atoms with Crippen LogP contribution in [-0.2, 0) is 22.6 Å². The fourth-order valence-corrected chi connectivity index (χ4v) is 5.57. The molecule has 0 unspecified atom stereocenters. The number of amides is 4. The summed E-state index contributed by atoms with van der Waals surface area (Å²) in [7, 11) is 0. The molecule has 36 heavy (non-hydrogen) atoms. The highest BCUT2D eigenvalue weighted by molar-refractivity contribution is 7.09. The largest absolute Gasteiger partial charge is 0.337 e. The first kappa shape index (κ1) is 25.7. The quantitative estimate of drug-likeness (QED) is 0.558. The molecule has 0 bridgehead atoms. The summed E-state index contributed by atoms with van der Waals surface area (Å²) in [6.45, 7) is 5.26. The van der Waals surface area contributed by atoms with Crippen molar-refractivity contribution in [1.29, 1.82) is 0 Å². The van der Waals surface area contributed by atoms with Gasteiger partial charge in [-0.2, -0.15) is 5.01 Å². The van der Waals surface area contributed by atoms with Crippen molar-refractivity contribution in [3.63, 3.8) is 0 Å². The van der Waals surface area contributed by atoms with Crippen LogP contribution in [-0.4, -0.2) is 76.0 Å². The number of carbonyl (C=O) groups is 3. The van der Waals surface area contributed by atoms with Crippen molar-refractivity contribution in [3.8, 4) is 12.3 Å². The average molecular weight is 508 g/mol. The fourth-order valence-electron chi connectivity index (χ4n) is 4.87. The Bertz CT molecular complexity index is 1100. The Balaban J connectivity index is 1.61. The number of rotatable bonds is 8. The normalized spacial score (nSPS) is 20.4. The smallest absolute Gasteiger partial charge is 0.334 e. The molecule has 2 aliphatic rings. The summed E-state index contributed by atoms with van der Waals surface area (Å²) in [6.07, 6.45) is 6.24. The number of hydrogen-bond acceptors (Lipinski definition) is 5. The topological polar surface area (TPSA) is 76.2 Å². The molecule has 190 valence electrons. The number of hydrogen-bond donors (Lipinski definition) is 1. The van der Waals surface area contributed by atoms with Gasteiger partial charge in [-0.25, -0.2) is 9.80 Å². The van der Waals surface area contributed by atoms with E-state index in [4.69, 9.17) is 6.42 Å². The minimum Gasteiger partial charge on any atom is -0.337 e. The van der Waals surface area contributed by atoms with Crippen LogP contribution < -0.4 is 5.32 Å². The summed E-state index contributed by atoms with van der Waals surface area (Å²) in [4.78, 5) is 45.1. The maximum absolute atomic E-state index is 13.6. The van der Waals surface area contributed by atoms with Gasteiger partial charge >= 0.3 is 6.03 Å². The molecule has 0 radical (unpaired) electrons. The molecule has 2 aromatic rings. The molecule has 3 heterocycles. The highest BCUT2D eigenvalue weighted by Crippen LogP contribution is 2.29. The van der Waals surface area contributed by atoms with Gasteiger partial charge in [0.25, 0.3) is 0 Å². The summed E-state index contributed by atoms with van der Waals surface area (Å²) >= 11 is 1.66. The van der Waals surface area contributed by atoms with Gasteiger partial charge in [0.05, 0.1) is 19.6 Å². The zero-order chi connectivity index (χ0) is 25.7. The zero-order valence-corrected chi connectivity index (χ0v) is 21.6.